The Morgan fingerprint density at radius 1 is 1.13 bits per heavy atom. The van der Waals surface area contributed by atoms with Crippen LogP contribution in [0.4, 0.5) is 0 Å². The molecular formula is C20H24ClNS. The summed E-state index contributed by atoms with van der Waals surface area (Å²) in [6.45, 7) is 3.88. The number of thiophene rings is 1. The molecule has 1 aromatic heterocycles. The summed E-state index contributed by atoms with van der Waals surface area (Å²) in [5.41, 5.74) is 5.01. The van der Waals surface area contributed by atoms with E-state index >= 15 is 0 Å². The summed E-state index contributed by atoms with van der Waals surface area (Å²) in [6.07, 6.45) is 7.09. The third-order valence-electron chi connectivity index (χ3n) is 6.06. The first kappa shape index (κ1) is 15.7. The van der Waals surface area contributed by atoms with Crippen molar-refractivity contribution in [3.8, 4) is 0 Å². The molecule has 1 aliphatic heterocycles. The summed E-state index contributed by atoms with van der Waals surface area (Å²) >= 11 is 1.86. The summed E-state index contributed by atoms with van der Waals surface area (Å²) in [5.74, 6) is 1.84. The molecule has 122 valence electrons. The molecule has 1 aromatic carbocycles. The number of nitrogens with zero attached hydrogens (tertiary/aromatic N) is 1. The maximum atomic E-state index is 2.65. The highest BCUT2D eigenvalue weighted by Gasteiger charge is 2.35. The topological polar surface area (TPSA) is 3.24 Å². The molecule has 5 rings (SSSR count). The Balaban J connectivity index is 0.00000135. The standard InChI is InChI=1S/C20H23NS.ClH/c1-7-21(8-1)13-19-15-3-2-14(10-15)11-18(19)16-4-5-20-17(12-16)6-9-22-20;/h4-6,9,12,14-15H,1-3,7-8,10-11,13H2;1H. The molecule has 23 heavy (non-hydrogen) atoms. The average Bonchev–Trinajstić information content (AvgIpc) is 3.10. The molecule has 0 spiro atoms. The lowest BCUT2D eigenvalue weighted by atomic mass is 9.79. The van der Waals surface area contributed by atoms with E-state index in [4.69, 9.17) is 0 Å². The maximum absolute atomic E-state index is 2.65. The van der Waals surface area contributed by atoms with Gasteiger partial charge in [0.1, 0.15) is 0 Å². The van der Waals surface area contributed by atoms with Crippen LogP contribution in [-0.2, 0) is 0 Å². The molecule has 2 atom stereocenters. The predicted molar refractivity (Wildman–Crippen MR) is 102 cm³/mol. The molecular weight excluding hydrogens is 322 g/mol. The van der Waals surface area contributed by atoms with E-state index in [1.807, 2.05) is 11.3 Å². The maximum Gasteiger partial charge on any atom is 0.0343 e. The quantitative estimate of drug-likeness (QED) is 0.699. The second kappa shape index (κ2) is 6.23. The third kappa shape index (κ3) is 2.75. The fourth-order valence-corrected chi connectivity index (χ4v) is 5.48. The highest BCUT2D eigenvalue weighted by Crippen LogP contribution is 2.49. The molecule has 1 saturated carbocycles. The Morgan fingerprint density at radius 3 is 2.87 bits per heavy atom. The van der Waals surface area contributed by atoms with E-state index in [9.17, 15) is 0 Å². The Hall–Kier alpha value is -0.830. The fourth-order valence-electron chi connectivity index (χ4n) is 4.71. The summed E-state index contributed by atoms with van der Waals surface area (Å²) in [4.78, 5) is 2.65. The van der Waals surface area contributed by atoms with Crippen molar-refractivity contribution in [2.24, 2.45) is 11.8 Å². The minimum atomic E-state index is 0. The molecule has 2 aliphatic carbocycles. The first-order chi connectivity index (χ1) is 10.9. The van der Waals surface area contributed by atoms with E-state index in [0.29, 0.717) is 0 Å². The summed E-state index contributed by atoms with van der Waals surface area (Å²) in [5, 5.41) is 3.64. The summed E-state index contributed by atoms with van der Waals surface area (Å²) < 4.78 is 1.42. The van der Waals surface area contributed by atoms with Crippen LogP contribution in [0.1, 0.15) is 37.7 Å². The number of likely N-dealkylation sites (tertiary alicyclic amines) is 1. The van der Waals surface area contributed by atoms with Crippen LogP contribution < -0.4 is 0 Å². The Kier molecular flexibility index (Phi) is 4.25. The predicted octanol–water partition coefficient (Wildman–Crippen LogP) is 5.60. The molecule has 2 unspecified atom stereocenters. The summed E-state index contributed by atoms with van der Waals surface area (Å²) in [6, 6.07) is 9.44. The van der Waals surface area contributed by atoms with Crippen molar-refractivity contribution >= 4 is 39.4 Å². The third-order valence-corrected chi connectivity index (χ3v) is 6.96. The van der Waals surface area contributed by atoms with E-state index in [-0.39, 0.29) is 12.4 Å². The smallest absolute Gasteiger partial charge is 0.0343 e. The molecule has 2 fully saturated rings. The molecule has 3 aliphatic rings. The van der Waals surface area contributed by atoms with Gasteiger partial charge in [-0.3, -0.25) is 4.90 Å². The fraction of sp³-hybridized carbons (Fsp3) is 0.500. The number of hydrogen-bond acceptors (Lipinski definition) is 2. The van der Waals surface area contributed by atoms with Gasteiger partial charge in [-0.2, -0.15) is 0 Å². The second-order valence-corrected chi connectivity index (χ2v) is 8.33. The minimum Gasteiger partial charge on any atom is -0.299 e. The zero-order valence-electron chi connectivity index (χ0n) is 13.5. The highest BCUT2D eigenvalue weighted by molar-refractivity contribution is 7.17. The van der Waals surface area contributed by atoms with Crippen LogP contribution >= 0.6 is 23.7 Å². The van der Waals surface area contributed by atoms with Gasteiger partial charge in [0, 0.05) is 11.2 Å². The van der Waals surface area contributed by atoms with Crippen LogP contribution in [0, 0.1) is 11.8 Å². The molecule has 3 heteroatoms. The van der Waals surface area contributed by atoms with Crippen molar-refractivity contribution in [1.82, 2.24) is 4.90 Å². The largest absolute Gasteiger partial charge is 0.299 e. The minimum absolute atomic E-state index is 0. The molecule has 2 aromatic rings. The van der Waals surface area contributed by atoms with Gasteiger partial charge < -0.3 is 0 Å². The molecule has 2 heterocycles. The number of fused-ring (bicyclic) bond motifs is 3. The lowest BCUT2D eigenvalue weighted by Crippen LogP contribution is -2.39. The van der Waals surface area contributed by atoms with Gasteiger partial charge in [-0.1, -0.05) is 6.07 Å². The van der Waals surface area contributed by atoms with Crippen molar-refractivity contribution in [1.29, 1.82) is 0 Å². The van der Waals surface area contributed by atoms with Gasteiger partial charge >= 0.3 is 0 Å². The van der Waals surface area contributed by atoms with E-state index in [1.54, 1.807) is 11.1 Å². The average molecular weight is 346 g/mol. The van der Waals surface area contributed by atoms with Crippen LogP contribution in [-0.4, -0.2) is 24.5 Å². The molecule has 2 bridgehead atoms. The lowest BCUT2D eigenvalue weighted by molar-refractivity contribution is 0.192. The molecule has 0 amide bonds. The Morgan fingerprint density at radius 2 is 2.04 bits per heavy atom. The molecule has 1 saturated heterocycles. The highest BCUT2D eigenvalue weighted by atomic mass is 35.5. The molecule has 1 nitrogen and oxygen atoms in total. The van der Waals surface area contributed by atoms with Crippen molar-refractivity contribution in [2.45, 2.75) is 32.1 Å². The van der Waals surface area contributed by atoms with E-state index in [1.165, 1.54) is 67.4 Å². The van der Waals surface area contributed by atoms with Gasteiger partial charge in [0.15, 0.2) is 0 Å². The van der Waals surface area contributed by atoms with E-state index in [0.717, 1.165) is 11.8 Å². The van der Waals surface area contributed by atoms with Crippen LogP contribution in [0.15, 0.2) is 35.2 Å². The normalized spacial score (nSPS) is 27.1. The van der Waals surface area contributed by atoms with Crippen LogP contribution in [0.3, 0.4) is 0 Å². The van der Waals surface area contributed by atoms with Crippen molar-refractivity contribution in [3.63, 3.8) is 0 Å². The second-order valence-electron chi connectivity index (χ2n) is 7.39. The summed E-state index contributed by atoms with van der Waals surface area (Å²) in [7, 11) is 0. The van der Waals surface area contributed by atoms with E-state index < -0.39 is 0 Å². The van der Waals surface area contributed by atoms with Gasteiger partial charge in [0.2, 0.25) is 0 Å². The SMILES string of the molecule is Cl.c1cc2cc(C3=C(CN4CCC4)C4CCC(C3)C4)ccc2s1. The van der Waals surface area contributed by atoms with Crippen molar-refractivity contribution in [2.75, 3.05) is 19.6 Å². The monoisotopic (exact) mass is 345 g/mol. The molecule has 0 radical (unpaired) electrons. The number of hydrogen-bond donors (Lipinski definition) is 0. The number of benzene rings is 1. The van der Waals surface area contributed by atoms with Gasteiger partial charge in [0.05, 0.1) is 0 Å². The van der Waals surface area contributed by atoms with Crippen LogP contribution in [0.2, 0.25) is 0 Å². The molecule has 0 N–H and O–H groups in total. The van der Waals surface area contributed by atoms with Gasteiger partial charge in [-0.25, -0.2) is 0 Å². The number of rotatable bonds is 3. The van der Waals surface area contributed by atoms with Gasteiger partial charge in [-0.15, -0.1) is 23.7 Å². The van der Waals surface area contributed by atoms with Gasteiger partial charge in [0.25, 0.3) is 0 Å². The van der Waals surface area contributed by atoms with Crippen molar-refractivity contribution < 1.29 is 0 Å². The first-order valence-corrected chi connectivity index (χ1v) is 9.67. The zero-order chi connectivity index (χ0) is 14.5. The first-order valence-electron chi connectivity index (χ1n) is 8.79. The Labute approximate surface area is 148 Å². The van der Waals surface area contributed by atoms with Crippen molar-refractivity contribution in [3.05, 3.63) is 40.8 Å². The number of halogens is 1. The van der Waals surface area contributed by atoms with Gasteiger partial charge in [-0.05, 0) is 103 Å². The Bertz CT molecular complexity index is 743. The number of allylic oxidation sites excluding steroid dienone is 1. The lowest BCUT2D eigenvalue weighted by Gasteiger charge is -2.36. The van der Waals surface area contributed by atoms with E-state index in [2.05, 4.69) is 34.5 Å². The van der Waals surface area contributed by atoms with Crippen LogP contribution in [0.25, 0.3) is 15.7 Å². The zero-order valence-corrected chi connectivity index (χ0v) is 15.1. The van der Waals surface area contributed by atoms with Crippen LogP contribution in [0.5, 0.6) is 0 Å².